The van der Waals surface area contributed by atoms with Crippen molar-refractivity contribution in [2.24, 2.45) is 5.41 Å². The van der Waals surface area contributed by atoms with Crippen molar-refractivity contribution < 1.29 is 29.0 Å². The van der Waals surface area contributed by atoms with Gasteiger partial charge in [0, 0.05) is 0 Å². The minimum Gasteiger partial charge on any atom is -0.389 e. The van der Waals surface area contributed by atoms with Crippen LogP contribution in [0.1, 0.15) is 189 Å². The summed E-state index contributed by atoms with van der Waals surface area (Å²) in [6.07, 6.45) is 32.3. The molecule has 0 aromatic heterocycles. The van der Waals surface area contributed by atoms with E-state index in [1.54, 1.807) is 0 Å². The van der Waals surface area contributed by atoms with Gasteiger partial charge in [0.1, 0.15) is 0 Å². The number of hydrogen-bond donors (Lipinski definition) is 5. The van der Waals surface area contributed by atoms with Gasteiger partial charge in [-0.05, 0) is 18.3 Å². The zero-order chi connectivity index (χ0) is 29.8. The van der Waals surface area contributed by atoms with Crippen molar-refractivity contribution in [3.05, 3.63) is 0 Å². The number of rotatable bonds is 26. The summed E-state index contributed by atoms with van der Waals surface area (Å²) in [7, 11) is -5.22. The van der Waals surface area contributed by atoms with E-state index in [0.717, 1.165) is 12.8 Å². The average Bonchev–Trinajstić information content (AvgIpc) is 2.84. The predicted molar refractivity (Wildman–Crippen MR) is 170 cm³/mol. The Hall–Kier alpha value is 0.620. The van der Waals surface area contributed by atoms with E-state index < -0.39 is 22.8 Å². The van der Waals surface area contributed by atoms with Gasteiger partial charge in [0.2, 0.25) is 0 Å². The SMILES string of the molecule is CCCCCCCCCCCCCC(O)(CCCCCCCCCCCCC)C(C)(C)C.OP(O)OP(O)O. The number of aliphatic hydroxyl groups is 1. The van der Waals surface area contributed by atoms with Crippen LogP contribution in [0, 0.1) is 5.41 Å². The molecular weight excluding hydrogens is 530 g/mol. The Morgan fingerprint density at radius 2 is 0.667 bits per heavy atom. The molecule has 5 N–H and O–H groups in total. The van der Waals surface area contributed by atoms with Crippen LogP contribution in [-0.4, -0.2) is 30.3 Å². The van der Waals surface area contributed by atoms with Crippen molar-refractivity contribution in [2.75, 3.05) is 0 Å². The van der Waals surface area contributed by atoms with Crippen LogP contribution in [0.2, 0.25) is 0 Å². The third-order valence-corrected chi connectivity index (χ3v) is 9.10. The van der Waals surface area contributed by atoms with Crippen LogP contribution in [0.25, 0.3) is 0 Å². The third-order valence-electron chi connectivity index (χ3n) is 7.93. The highest BCUT2D eigenvalue weighted by Crippen LogP contribution is 2.42. The highest BCUT2D eigenvalue weighted by atomic mass is 31.2. The zero-order valence-corrected chi connectivity index (χ0v) is 28.3. The van der Waals surface area contributed by atoms with Crippen molar-refractivity contribution in [1.29, 1.82) is 0 Å². The van der Waals surface area contributed by atoms with Crippen LogP contribution in [0.5, 0.6) is 0 Å². The van der Waals surface area contributed by atoms with Gasteiger partial charge in [0.05, 0.1) is 5.60 Å². The van der Waals surface area contributed by atoms with Gasteiger partial charge in [-0.25, -0.2) is 4.31 Å². The fourth-order valence-electron chi connectivity index (χ4n) is 5.10. The predicted octanol–water partition coefficient (Wildman–Crippen LogP) is 10.6. The maximum atomic E-state index is 11.4. The summed E-state index contributed by atoms with van der Waals surface area (Å²) in [6.45, 7) is 11.3. The van der Waals surface area contributed by atoms with Crippen molar-refractivity contribution in [1.82, 2.24) is 0 Å². The molecule has 0 aliphatic carbocycles. The van der Waals surface area contributed by atoms with E-state index in [0.29, 0.717) is 0 Å². The van der Waals surface area contributed by atoms with E-state index >= 15 is 0 Å². The van der Waals surface area contributed by atoms with Crippen LogP contribution in [0.3, 0.4) is 0 Å². The summed E-state index contributed by atoms with van der Waals surface area (Å²) >= 11 is 0. The molecule has 0 amide bonds. The average molecular weight is 599 g/mol. The van der Waals surface area contributed by atoms with Gasteiger partial charge in [-0.15, -0.1) is 0 Å². The Labute approximate surface area is 245 Å². The quantitative estimate of drug-likeness (QED) is 0.0500. The summed E-state index contributed by atoms with van der Waals surface area (Å²) in [4.78, 5) is 31.3. The van der Waals surface area contributed by atoms with E-state index in [1.165, 1.54) is 141 Å². The summed E-state index contributed by atoms with van der Waals surface area (Å²) < 4.78 is 3.60. The van der Waals surface area contributed by atoms with E-state index in [2.05, 4.69) is 38.9 Å². The number of hydrogen-bond acceptors (Lipinski definition) is 6. The molecule has 0 bridgehead atoms. The fourth-order valence-corrected chi connectivity index (χ4v) is 5.63. The van der Waals surface area contributed by atoms with Crippen molar-refractivity contribution in [2.45, 2.75) is 194 Å². The topological polar surface area (TPSA) is 110 Å². The van der Waals surface area contributed by atoms with Crippen LogP contribution < -0.4 is 0 Å². The molecule has 39 heavy (non-hydrogen) atoms. The molecular formula is C31H68O6P2. The summed E-state index contributed by atoms with van der Waals surface area (Å²) in [5.41, 5.74) is -0.491. The van der Waals surface area contributed by atoms with Gasteiger partial charge >= 0.3 is 17.2 Å². The van der Waals surface area contributed by atoms with Crippen molar-refractivity contribution in [3.8, 4) is 0 Å². The molecule has 0 saturated carbocycles. The van der Waals surface area contributed by atoms with Crippen molar-refractivity contribution >= 4 is 17.2 Å². The first-order valence-electron chi connectivity index (χ1n) is 16.3. The minimum absolute atomic E-state index is 0.00994. The Kier molecular flexibility index (Phi) is 30.8. The molecule has 0 aromatic rings. The Balaban J connectivity index is 0. The van der Waals surface area contributed by atoms with Gasteiger partial charge < -0.3 is 24.7 Å². The molecule has 0 aromatic carbocycles. The van der Waals surface area contributed by atoms with E-state index in [-0.39, 0.29) is 5.41 Å². The van der Waals surface area contributed by atoms with Gasteiger partial charge in [-0.1, -0.05) is 176 Å². The second-order valence-corrected chi connectivity index (χ2v) is 14.1. The zero-order valence-electron chi connectivity index (χ0n) is 26.5. The van der Waals surface area contributed by atoms with Crippen molar-refractivity contribution in [3.63, 3.8) is 0 Å². The summed E-state index contributed by atoms with van der Waals surface area (Å²) in [6, 6.07) is 0. The van der Waals surface area contributed by atoms with Crippen LogP contribution in [0.4, 0.5) is 0 Å². The highest BCUT2D eigenvalue weighted by Gasteiger charge is 2.38. The first kappa shape index (κ1) is 41.8. The lowest BCUT2D eigenvalue weighted by Gasteiger charge is -2.41. The third kappa shape index (κ3) is 29.9. The summed E-state index contributed by atoms with van der Waals surface area (Å²) in [5, 5.41) is 11.4. The van der Waals surface area contributed by atoms with Gasteiger partial charge in [0.25, 0.3) is 0 Å². The second kappa shape index (κ2) is 28.7. The maximum absolute atomic E-state index is 11.4. The van der Waals surface area contributed by atoms with Gasteiger partial charge in [-0.3, -0.25) is 0 Å². The molecule has 0 atom stereocenters. The fraction of sp³-hybridized carbons (Fsp3) is 1.00. The smallest absolute Gasteiger partial charge is 0.334 e. The molecule has 0 radical (unpaired) electrons. The summed E-state index contributed by atoms with van der Waals surface area (Å²) in [5.74, 6) is 0. The molecule has 0 aliphatic heterocycles. The monoisotopic (exact) mass is 598 g/mol. The lowest BCUT2D eigenvalue weighted by molar-refractivity contribution is -0.0743. The molecule has 0 spiro atoms. The molecule has 6 nitrogen and oxygen atoms in total. The first-order chi connectivity index (χ1) is 18.5. The second-order valence-electron chi connectivity index (χ2n) is 12.4. The molecule has 0 aliphatic rings. The van der Waals surface area contributed by atoms with E-state index in [4.69, 9.17) is 19.6 Å². The van der Waals surface area contributed by atoms with Crippen LogP contribution >= 0.6 is 17.2 Å². The Bertz CT molecular complexity index is 454. The Morgan fingerprint density at radius 1 is 0.436 bits per heavy atom. The largest absolute Gasteiger partial charge is 0.389 e. The maximum Gasteiger partial charge on any atom is 0.334 e. The molecule has 0 saturated heterocycles. The van der Waals surface area contributed by atoms with Crippen LogP contribution in [0.15, 0.2) is 0 Å². The molecule has 0 heterocycles. The van der Waals surface area contributed by atoms with Gasteiger partial charge in [-0.2, -0.15) is 0 Å². The number of unbranched alkanes of at least 4 members (excludes halogenated alkanes) is 20. The van der Waals surface area contributed by atoms with E-state index in [9.17, 15) is 5.11 Å². The molecule has 0 unspecified atom stereocenters. The minimum atomic E-state index is -2.61. The van der Waals surface area contributed by atoms with E-state index in [1.807, 2.05) is 0 Å². The standard InChI is InChI=1S/C31H64O.H4O5P2/c1-6-8-10-12-14-16-18-20-22-24-26-28-31(32,30(3,4)5)29-27-25-23-21-19-17-15-13-11-9-7-2;1-6(2)5-7(3)4/h32H,6-29H2,1-5H3;1-4H. The first-order valence-corrected chi connectivity index (χ1v) is 18.6. The lowest BCUT2D eigenvalue weighted by atomic mass is 9.70. The highest BCUT2D eigenvalue weighted by molar-refractivity contribution is 7.53. The Morgan fingerprint density at radius 3 is 0.846 bits per heavy atom. The lowest BCUT2D eigenvalue weighted by Crippen LogP contribution is -2.42. The van der Waals surface area contributed by atoms with Gasteiger partial charge in [0.15, 0.2) is 0 Å². The molecule has 0 rings (SSSR count). The molecule has 238 valence electrons. The normalized spacial score (nSPS) is 12.3. The van der Waals surface area contributed by atoms with Crippen LogP contribution in [-0.2, 0) is 4.31 Å². The molecule has 0 fully saturated rings. The molecule has 8 heteroatoms.